The van der Waals surface area contributed by atoms with Crippen LogP contribution in [0.15, 0.2) is 0 Å². The van der Waals surface area contributed by atoms with E-state index in [4.69, 9.17) is 11.6 Å². The Morgan fingerprint density at radius 1 is 1.53 bits per heavy atom. The number of unbranched alkanes of at least 4 members (excludes halogenated alkanes) is 1. The molecular weight excluding hydrogens is 214 g/mol. The van der Waals surface area contributed by atoms with Gasteiger partial charge in [0.1, 0.15) is 0 Å². The molecule has 1 amide bonds. The molecule has 0 radical (unpaired) electrons. The molecule has 0 bridgehead atoms. The van der Waals surface area contributed by atoms with Crippen molar-refractivity contribution in [2.75, 3.05) is 19.0 Å². The molecule has 15 heavy (non-hydrogen) atoms. The summed E-state index contributed by atoms with van der Waals surface area (Å²) in [6.45, 7) is 3.32. The number of alkyl halides is 1. The lowest BCUT2D eigenvalue weighted by molar-refractivity contribution is -0.135. The summed E-state index contributed by atoms with van der Waals surface area (Å²) in [5, 5.41) is 9.65. The molecule has 1 saturated heterocycles. The number of hydrogen-bond donors (Lipinski definition) is 1. The SMILES string of the molecule is CC1CCN(C(=O)CCCCCl)CC1O. The molecule has 0 spiro atoms. The number of rotatable bonds is 4. The van der Waals surface area contributed by atoms with Gasteiger partial charge in [-0.05, 0) is 25.2 Å². The van der Waals surface area contributed by atoms with Crippen molar-refractivity contribution in [1.29, 1.82) is 0 Å². The first-order valence-corrected chi connectivity index (χ1v) is 6.20. The third-order valence-corrected chi connectivity index (χ3v) is 3.31. The smallest absolute Gasteiger partial charge is 0.222 e. The number of hydrogen-bond acceptors (Lipinski definition) is 2. The van der Waals surface area contributed by atoms with Crippen LogP contribution in [0, 0.1) is 5.92 Å². The van der Waals surface area contributed by atoms with E-state index < -0.39 is 0 Å². The van der Waals surface area contributed by atoms with Crippen molar-refractivity contribution >= 4 is 17.5 Å². The summed E-state index contributed by atoms with van der Waals surface area (Å²) < 4.78 is 0. The van der Waals surface area contributed by atoms with Crippen molar-refractivity contribution in [3.8, 4) is 0 Å². The van der Waals surface area contributed by atoms with Crippen LogP contribution in [0.1, 0.15) is 32.6 Å². The van der Waals surface area contributed by atoms with Gasteiger partial charge in [-0.15, -0.1) is 11.6 Å². The van der Waals surface area contributed by atoms with Gasteiger partial charge in [-0.1, -0.05) is 6.92 Å². The monoisotopic (exact) mass is 233 g/mol. The topological polar surface area (TPSA) is 40.5 Å². The summed E-state index contributed by atoms with van der Waals surface area (Å²) in [5.41, 5.74) is 0. The molecule has 4 heteroatoms. The molecule has 0 aliphatic carbocycles. The van der Waals surface area contributed by atoms with Crippen LogP contribution in [0.4, 0.5) is 0 Å². The molecule has 88 valence electrons. The molecule has 0 aromatic heterocycles. The van der Waals surface area contributed by atoms with E-state index in [1.54, 1.807) is 4.90 Å². The molecule has 1 aliphatic heterocycles. The van der Waals surface area contributed by atoms with E-state index in [1.807, 2.05) is 6.92 Å². The molecule has 0 aromatic carbocycles. The number of carbonyl (C=O) groups excluding carboxylic acids is 1. The molecule has 1 N–H and O–H groups in total. The van der Waals surface area contributed by atoms with Gasteiger partial charge < -0.3 is 10.0 Å². The van der Waals surface area contributed by atoms with Gasteiger partial charge in [-0.2, -0.15) is 0 Å². The number of β-amino-alcohol motifs (C(OH)–C–C–N with tert-alkyl or cyclic N) is 1. The maximum absolute atomic E-state index is 11.7. The summed E-state index contributed by atoms with van der Waals surface area (Å²) in [6.07, 6.45) is 2.86. The third kappa shape index (κ3) is 3.99. The first-order chi connectivity index (χ1) is 7.15. The standard InChI is InChI=1S/C11H20ClNO2/c1-9-5-7-13(8-10(9)14)11(15)4-2-3-6-12/h9-10,14H,2-8H2,1H3. The van der Waals surface area contributed by atoms with Gasteiger partial charge in [0.25, 0.3) is 0 Å². The minimum atomic E-state index is -0.351. The number of aliphatic hydroxyl groups excluding tert-OH is 1. The van der Waals surface area contributed by atoms with Crippen molar-refractivity contribution in [1.82, 2.24) is 4.90 Å². The summed E-state index contributed by atoms with van der Waals surface area (Å²) in [5.74, 6) is 1.09. The van der Waals surface area contributed by atoms with E-state index >= 15 is 0 Å². The first-order valence-electron chi connectivity index (χ1n) is 5.67. The zero-order valence-electron chi connectivity index (χ0n) is 9.29. The first kappa shape index (κ1) is 12.8. The normalized spacial score (nSPS) is 26.7. The van der Waals surface area contributed by atoms with Crippen LogP contribution in [0.3, 0.4) is 0 Å². The van der Waals surface area contributed by atoms with E-state index in [2.05, 4.69) is 0 Å². The Labute approximate surface area is 96.4 Å². The highest BCUT2D eigenvalue weighted by atomic mass is 35.5. The number of aliphatic hydroxyl groups is 1. The number of carbonyl (C=O) groups is 1. The van der Waals surface area contributed by atoms with Gasteiger partial charge in [0, 0.05) is 25.4 Å². The number of halogens is 1. The molecule has 0 aromatic rings. The highest BCUT2D eigenvalue weighted by Crippen LogP contribution is 2.18. The minimum absolute atomic E-state index is 0.158. The van der Waals surface area contributed by atoms with E-state index in [0.717, 1.165) is 25.8 Å². The summed E-state index contributed by atoms with van der Waals surface area (Å²) in [7, 11) is 0. The van der Waals surface area contributed by atoms with Gasteiger partial charge in [-0.3, -0.25) is 4.79 Å². The Kier molecular flexibility index (Phi) is 5.40. The second kappa shape index (κ2) is 6.33. The van der Waals surface area contributed by atoms with Crippen molar-refractivity contribution < 1.29 is 9.90 Å². The number of likely N-dealkylation sites (tertiary alicyclic amines) is 1. The van der Waals surface area contributed by atoms with Crippen molar-refractivity contribution in [3.63, 3.8) is 0 Å². The average molecular weight is 234 g/mol. The van der Waals surface area contributed by atoms with Crippen LogP contribution in [-0.2, 0) is 4.79 Å². The Hall–Kier alpha value is -0.280. The maximum Gasteiger partial charge on any atom is 0.222 e. The predicted octanol–water partition coefficient (Wildman–Crippen LogP) is 1.62. The van der Waals surface area contributed by atoms with Gasteiger partial charge in [-0.25, -0.2) is 0 Å². The zero-order chi connectivity index (χ0) is 11.3. The number of amides is 1. The maximum atomic E-state index is 11.7. The average Bonchev–Trinajstić information content (AvgIpc) is 2.22. The fourth-order valence-corrected chi connectivity index (χ4v) is 1.99. The predicted molar refractivity (Wildman–Crippen MR) is 60.9 cm³/mol. The molecule has 1 aliphatic rings. The van der Waals surface area contributed by atoms with Crippen LogP contribution < -0.4 is 0 Å². The van der Waals surface area contributed by atoms with Crippen LogP contribution in [-0.4, -0.2) is 41.0 Å². The number of piperidine rings is 1. The third-order valence-electron chi connectivity index (χ3n) is 3.05. The quantitative estimate of drug-likeness (QED) is 0.592. The second-order valence-electron chi connectivity index (χ2n) is 4.32. The molecule has 0 saturated carbocycles. The van der Waals surface area contributed by atoms with Crippen molar-refractivity contribution in [2.24, 2.45) is 5.92 Å². The van der Waals surface area contributed by atoms with Crippen LogP contribution in [0.5, 0.6) is 0 Å². The van der Waals surface area contributed by atoms with E-state index in [0.29, 0.717) is 24.8 Å². The lowest BCUT2D eigenvalue weighted by Crippen LogP contribution is -2.45. The van der Waals surface area contributed by atoms with Gasteiger partial charge in [0.05, 0.1) is 6.10 Å². The fourth-order valence-electron chi connectivity index (χ4n) is 1.80. The summed E-state index contributed by atoms with van der Waals surface area (Å²) in [4.78, 5) is 13.5. The fraction of sp³-hybridized carbons (Fsp3) is 0.909. The minimum Gasteiger partial charge on any atom is -0.391 e. The Morgan fingerprint density at radius 3 is 2.87 bits per heavy atom. The Morgan fingerprint density at radius 2 is 2.27 bits per heavy atom. The molecule has 1 rings (SSSR count). The molecule has 1 heterocycles. The summed E-state index contributed by atoms with van der Waals surface area (Å²) >= 11 is 5.55. The molecule has 1 fully saturated rings. The molecular formula is C11H20ClNO2. The highest BCUT2D eigenvalue weighted by Gasteiger charge is 2.26. The van der Waals surface area contributed by atoms with E-state index in [-0.39, 0.29) is 12.0 Å². The van der Waals surface area contributed by atoms with E-state index in [9.17, 15) is 9.90 Å². The molecule has 2 unspecified atom stereocenters. The lowest BCUT2D eigenvalue weighted by Gasteiger charge is -2.34. The largest absolute Gasteiger partial charge is 0.391 e. The number of nitrogens with zero attached hydrogens (tertiary/aromatic N) is 1. The molecule has 2 atom stereocenters. The second-order valence-corrected chi connectivity index (χ2v) is 4.70. The van der Waals surface area contributed by atoms with Crippen molar-refractivity contribution in [2.45, 2.75) is 38.7 Å². The van der Waals surface area contributed by atoms with Crippen LogP contribution >= 0.6 is 11.6 Å². The van der Waals surface area contributed by atoms with E-state index in [1.165, 1.54) is 0 Å². The Bertz CT molecular complexity index is 211. The lowest BCUT2D eigenvalue weighted by atomic mass is 9.96. The van der Waals surface area contributed by atoms with Gasteiger partial charge >= 0.3 is 0 Å². The zero-order valence-corrected chi connectivity index (χ0v) is 10.0. The van der Waals surface area contributed by atoms with Gasteiger partial charge in [0.2, 0.25) is 5.91 Å². The van der Waals surface area contributed by atoms with Gasteiger partial charge in [0.15, 0.2) is 0 Å². The molecule has 3 nitrogen and oxygen atoms in total. The summed E-state index contributed by atoms with van der Waals surface area (Å²) in [6, 6.07) is 0. The van der Waals surface area contributed by atoms with Crippen molar-refractivity contribution in [3.05, 3.63) is 0 Å². The van der Waals surface area contributed by atoms with Crippen LogP contribution in [0.2, 0.25) is 0 Å². The Balaban J connectivity index is 2.28. The van der Waals surface area contributed by atoms with Crippen LogP contribution in [0.25, 0.3) is 0 Å². The highest BCUT2D eigenvalue weighted by molar-refractivity contribution is 6.17.